The minimum absolute atomic E-state index is 0.0240. The first-order chi connectivity index (χ1) is 11.7. The highest BCUT2D eigenvalue weighted by atomic mass is 16.6. The molecule has 5 aliphatic rings. The molecule has 0 aromatic heterocycles. The van der Waals surface area contributed by atoms with E-state index in [2.05, 4.69) is 6.58 Å². The molecule has 0 unspecified atom stereocenters. The predicted molar refractivity (Wildman–Crippen MR) is 88.2 cm³/mol. The highest BCUT2D eigenvalue weighted by Crippen LogP contribution is 2.77. The van der Waals surface area contributed by atoms with Crippen LogP contribution < -0.4 is 0 Å². The number of carbonyl (C=O) groups excluding carboxylic acids is 2. The molecule has 4 fully saturated rings. The topological polar surface area (TPSA) is 72.8 Å². The molecule has 4 aliphatic carbocycles. The van der Waals surface area contributed by atoms with E-state index in [9.17, 15) is 14.7 Å². The largest absolute Gasteiger partial charge is 0.469 e. The number of hydrogen-bond donors (Lipinski definition) is 1. The Morgan fingerprint density at radius 1 is 1.48 bits per heavy atom. The Balaban J connectivity index is 1.77. The molecule has 0 amide bonds. The van der Waals surface area contributed by atoms with Crippen molar-refractivity contribution in [2.24, 2.45) is 28.6 Å². The highest BCUT2D eigenvalue weighted by Gasteiger charge is 2.82. The summed E-state index contributed by atoms with van der Waals surface area (Å²) in [6.45, 7) is 6.05. The normalized spacial score (nSPS) is 54.9. The predicted octanol–water partition coefficient (Wildman–Crippen LogP) is 2.14. The van der Waals surface area contributed by atoms with Crippen molar-refractivity contribution >= 4 is 11.9 Å². The third kappa shape index (κ3) is 1.44. The zero-order valence-electron chi connectivity index (χ0n) is 14.7. The van der Waals surface area contributed by atoms with E-state index >= 15 is 0 Å². The average molecular weight is 344 g/mol. The third-order valence-corrected chi connectivity index (χ3v) is 8.14. The molecule has 0 aromatic carbocycles. The molecule has 5 heteroatoms. The summed E-state index contributed by atoms with van der Waals surface area (Å²) in [7, 11) is 1.41. The van der Waals surface area contributed by atoms with E-state index < -0.39 is 27.9 Å². The Hall–Kier alpha value is -1.62. The SMILES string of the molecule is C=C1C[C@]23C[C@@]1(O)CC[C@H]2[C@@]12C=CC[C@@](C)(C(=O)O1)[C@H]2[C@@H]3C(=O)OC. The summed E-state index contributed by atoms with van der Waals surface area (Å²) in [6, 6.07) is 0. The van der Waals surface area contributed by atoms with E-state index in [0.717, 1.165) is 12.0 Å². The van der Waals surface area contributed by atoms with Gasteiger partial charge in [0, 0.05) is 11.8 Å². The molecule has 134 valence electrons. The summed E-state index contributed by atoms with van der Waals surface area (Å²) in [5, 5.41) is 11.0. The van der Waals surface area contributed by atoms with Gasteiger partial charge in [-0.3, -0.25) is 9.59 Å². The fourth-order valence-electron chi connectivity index (χ4n) is 7.25. The molecular weight excluding hydrogens is 320 g/mol. The first-order valence-electron chi connectivity index (χ1n) is 9.13. The number of carbonyl (C=O) groups is 2. The van der Waals surface area contributed by atoms with Crippen LogP contribution >= 0.6 is 0 Å². The lowest BCUT2D eigenvalue weighted by Gasteiger charge is -2.44. The van der Waals surface area contributed by atoms with Gasteiger partial charge in [0.1, 0.15) is 5.60 Å². The van der Waals surface area contributed by atoms with Crippen molar-refractivity contribution in [2.45, 2.75) is 50.2 Å². The minimum Gasteiger partial charge on any atom is -0.469 e. The van der Waals surface area contributed by atoms with Crippen LogP contribution in [0.1, 0.15) is 39.0 Å². The molecule has 1 aliphatic heterocycles. The van der Waals surface area contributed by atoms with E-state index in [1.807, 2.05) is 19.1 Å². The lowest BCUT2D eigenvalue weighted by Crippen LogP contribution is -2.46. The van der Waals surface area contributed by atoms with Crippen molar-refractivity contribution in [1.29, 1.82) is 0 Å². The Labute approximate surface area is 147 Å². The number of rotatable bonds is 1. The van der Waals surface area contributed by atoms with Crippen LogP contribution in [0.2, 0.25) is 0 Å². The molecule has 1 saturated heterocycles. The van der Waals surface area contributed by atoms with Crippen molar-refractivity contribution in [2.75, 3.05) is 7.11 Å². The number of fused-ring (bicyclic) bond motifs is 1. The van der Waals surface area contributed by atoms with E-state index in [1.165, 1.54) is 7.11 Å². The molecule has 4 bridgehead atoms. The van der Waals surface area contributed by atoms with Gasteiger partial charge in [-0.15, -0.1) is 0 Å². The average Bonchev–Trinajstić information content (AvgIpc) is 2.95. The smallest absolute Gasteiger partial charge is 0.313 e. The quantitative estimate of drug-likeness (QED) is 0.583. The number of methoxy groups -OCH3 is 1. The maximum Gasteiger partial charge on any atom is 0.313 e. The number of aliphatic hydroxyl groups is 1. The third-order valence-electron chi connectivity index (χ3n) is 8.14. The molecule has 5 nitrogen and oxygen atoms in total. The fourth-order valence-corrected chi connectivity index (χ4v) is 7.25. The van der Waals surface area contributed by atoms with Crippen LogP contribution in [0.5, 0.6) is 0 Å². The Kier molecular flexibility index (Phi) is 2.62. The number of hydrogen-bond acceptors (Lipinski definition) is 5. The van der Waals surface area contributed by atoms with Crippen LogP contribution in [0.25, 0.3) is 0 Å². The first kappa shape index (κ1) is 15.6. The Morgan fingerprint density at radius 3 is 2.96 bits per heavy atom. The number of esters is 2. The molecule has 0 aromatic rings. The van der Waals surface area contributed by atoms with Gasteiger partial charge in [-0.2, -0.15) is 0 Å². The molecular formula is C20H24O5. The maximum absolute atomic E-state index is 13.0. The van der Waals surface area contributed by atoms with E-state index in [4.69, 9.17) is 9.47 Å². The van der Waals surface area contributed by atoms with Crippen molar-refractivity contribution in [1.82, 2.24) is 0 Å². The fraction of sp³-hybridized carbons (Fsp3) is 0.700. The van der Waals surface area contributed by atoms with Gasteiger partial charge in [0.2, 0.25) is 0 Å². The van der Waals surface area contributed by atoms with Gasteiger partial charge < -0.3 is 14.6 Å². The van der Waals surface area contributed by atoms with E-state index in [1.54, 1.807) is 0 Å². The Bertz CT molecular complexity index is 755. The van der Waals surface area contributed by atoms with Crippen molar-refractivity contribution < 1.29 is 24.2 Å². The second-order valence-electron chi connectivity index (χ2n) is 9.06. The maximum atomic E-state index is 13.0. The lowest BCUT2D eigenvalue weighted by atomic mass is 9.61. The molecule has 1 spiro atoms. The molecule has 1 heterocycles. The summed E-state index contributed by atoms with van der Waals surface area (Å²) in [5.41, 5.74) is -1.97. The molecule has 1 N–H and O–H groups in total. The van der Waals surface area contributed by atoms with Gasteiger partial charge in [0.15, 0.2) is 0 Å². The second-order valence-corrected chi connectivity index (χ2v) is 9.06. The first-order valence-corrected chi connectivity index (χ1v) is 9.13. The summed E-state index contributed by atoms with van der Waals surface area (Å²) in [5.74, 6) is -1.14. The summed E-state index contributed by atoms with van der Waals surface area (Å²) >= 11 is 0. The molecule has 0 radical (unpaired) electrons. The Morgan fingerprint density at radius 2 is 2.24 bits per heavy atom. The summed E-state index contributed by atoms with van der Waals surface area (Å²) < 4.78 is 11.3. The van der Waals surface area contributed by atoms with Crippen molar-refractivity contribution in [3.63, 3.8) is 0 Å². The van der Waals surface area contributed by atoms with E-state index in [-0.39, 0.29) is 23.8 Å². The van der Waals surface area contributed by atoms with Crippen LogP contribution in [0.4, 0.5) is 0 Å². The molecule has 25 heavy (non-hydrogen) atoms. The lowest BCUT2D eigenvalue weighted by molar-refractivity contribution is -0.161. The van der Waals surface area contributed by atoms with Crippen molar-refractivity contribution in [3.05, 3.63) is 24.3 Å². The van der Waals surface area contributed by atoms with Gasteiger partial charge in [-0.05, 0) is 56.1 Å². The van der Waals surface area contributed by atoms with Crippen LogP contribution in [0, 0.1) is 28.6 Å². The van der Waals surface area contributed by atoms with E-state index in [0.29, 0.717) is 25.7 Å². The number of allylic oxidation sites excluding steroid dienone is 1. The summed E-state index contributed by atoms with van der Waals surface area (Å²) in [6.07, 6.45) is 7.12. The van der Waals surface area contributed by atoms with Crippen LogP contribution in [-0.2, 0) is 19.1 Å². The van der Waals surface area contributed by atoms with Crippen molar-refractivity contribution in [3.8, 4) is 0 Å². The zero-order chi connectivity index (χ0) is 17.8. The molecule has 3 saturated carbocycles. The monoisotopic (exact) mass is 344 g/mol. The van der Waals surface area contributed by atoms with Crippen LogP contribution in [-0.4, -0.2) is 35.4 Å². The van der Waals surface area contributed by atoms with Gasteiger partial charge >= 0.3 is 11.9 Å². The molecule has 5 rings (SSSR count). The van der Waals surface area contributed by atoms with Gasteiger partial charge in [-0.25, -0.2) is 0 Å². The minimum atomic E-state index is -0.902. The zero-order valence-corrected chi connectivity index (χ0v) is 14.7. The van der Waals surface area contributed by atoms with Gasteiger partial charge in [0.25, 0.3) is 0 Å². The summed E-state index contributed by atoms with van der Waals surface area (Å²) in [4.78, 5) is 25.7. The number of ether oxygens (including phenoxy) is 2. The highest BCUT2D eigenvalue weighted by molar-refractivity contribution is 5.86. The molecule has 7 atom stereocenters. The van der Waals surface area contributed by atoms with Crippen LogP contribution in [0.15, 0.2) is 24.3 Å². The van der Waals surface area contributed by atoms with Crippen LogP contribution in [0.3, 0.4) is 0 Å². The second kappa shape index (κ2) is 4.20. The van der Waals surface area contributed by atoms with Gasteiger partial charge in [-0.1, -0.05) is 12.7 Å². The van der Waals surface area contributed by atoms with Gasteiger partial charge in [0.05, 0.1) is 24.0 Å². The standard InChI is InChI=1S/C20H24O5/c1-11-9-18-10-19(11,23)8-5-12(18)20-7-4-6-17(2,16(22)25-20)14(20)13(18)15(21)24-3/h4,7,12-14,23H,1,5-6,8-10H2,2-3H3/t12-,13-,14-,17-,18+,19+,20-/m1/s1.